The van der Waals surface area contributed by atoms with Crippen LogP contribution in [-0.4, -0.2) is 10.3 Å². The van der Waals surface area contributed by atoms with Gasteiger partial charge in [-0.2, -0.15) is 0 Å². The first-order valence-corrected chi connectivity index (χ1v) is 4.18. The standard InChI is InChI=1S/C8H10N2OS/c1-3-8(9-5-12)7-4-11-10-6(7)2/h4,8H,3H2,1-2H3. The van der Waals surface area contributed by atoms with Gasteiger partial charge in [-0.15, -0.1) is 0 Å². The molecule has 1 heterocycles. The number of hydrogen-bond donors (Lipinski definition) is 0. The van der Waals surface area contributed by atoms with E-state index in [0.717, 1.165) is 17.7 Å². The van der Waals surface area contributed by atoms with E-state index in [2.05, 4.69) is 27.5 Å². The minimum absolute atomic E-state index is 0.0498. The number of rotatable bonds is 3. The summed E-state index contributed by atoms with van der Waals surface area (Å²) >= 11 is 4.54. The molecule has 0 spiro atoms. The molecule has 1 aromatic heterocycles. The maximum absolute atomic E-state index is 4.80. The van der Waals surface area contributed by atoms with E-state index >= 15 is 0 Å². The Labute approximate surface area is 76.5 Å². The topological polar surface area (TPSA) is 38.4 Å². The third-order valence-corrected chi connectivity index (χ3v) is 1.85. The minimum Gasteiger partial charge on any atom is -0.364 e. The van der Waals surface area contributed by atoms with Gasteiger partial charge in [0, 0.05) is 5.56 Å². The molecular formula is C8H10N2OS. The van der Waals surface area contributed by atoms with Gasteiger partial charge in [0.05, 0.1) is 16.9 Å². The summed E-state index contributed by atoms with van der Waals surface area (Å²) in [7, 11) is 0. The molecule has 64 valence electrons. The Morgan fingerprint density at radius 3 is 3.00 bits per heavy atom. The maximum Gasteiger partial charge on any atom is 0.129 e. The second-order valence-corrected chi connectivity index (χ2v) is 2.68. The lowest BCUT2D eigenvalue weighted by Gasteiger charge is -2.03. The Morgan fingerprint density at radius 1 is 1.83 bits per heavy atom. The summed E-state index contributed by atoms with van der Waals surface area (Å²) in [6, 6.07) is 0.0498. The summed E-state index contributed by atoms with van der Waals surface area (Å²) < 4.78 is 4.80. The monoisotopic (exact) mass is 182 g/mol. The lowest BCUT2D eigenvalue weighted by molar-refractivity contribution is 0.413. The first kappa shape index (κ1) is 9.10. The molecule has 0 N–H and O–H groups in total. The van der Waals surface area contributed by atoms with Crippen LogP contribution in [0.25, 0.3) is 0 Å². The van der Waals surface area contributed by atoms with Gasteiger partial charge in [0.15, 0.2) is 0 Å². The van der Waals surface area contributed by atoms with Crippen molar-refractivity contribution in [1.82, 2.24) is 5.16 Å². The quantitative estimate of drug-likeness (QED) is 0.532. The fourth-order valence-electron chi connectivity index (χ4n) is 1.06. The average molecular weight is 182 g/mol. The van der Waals surface area contributed by atoms with Gasteiger partial charge in [0.25, 0.3) is 0 Å². The first-order valence-electron chi connectivity index (χ1n) is 3.77. The van der Waals surface area contributed by atoms with Gasteiger partial charge in [-0.25, -0.2) is 4.99 Å². The van der Waals surface area contributed by atoms with Crippen molar-refractivity contribution in [1.29, 1.82) is 0 Å². The van der Waals surface area contributed by atoms with E-state index < -0.39 is 0 Å². The smallest absolute Gasteiger partial charge is 0.129 e. The SMILES string of the molecule is CCC(N=C=S)c1conc1C. The van der Waals surface area contributed by atoms with Crippen LogP contribution in [0.15, 0.2) is 15.8 Å². The van der Waals surface area contributed by atoms with Crippen molar-refractivity contribution in [3.05, 3.63) is 17.5 Å². The van der Waals surface area contributed by atoms with E-state index in [9.17, 15) is 0 Å². The van der Waals surface area contributed by atoms with E-state index in [1.165, 1.54) is 0 Å². The minimum atomic E-state index is 0.0498. The van der Waals surface area contributed by atoms with Crippen molar-refractivity contribution in [2.75, 3.05) is 0 Å². The molecule has 0 saturated heterocycles. The number of aromatic nitrogens is 1. The molecule has 1 rings (SSSR count). The van der Waals surface area contributed by atoms with E-state index in [1.54, 1.807) is 6.26 Å². The molecule has 1 atom stereocenters. The highest BCUT2D eigenvalue weighted by atomic mass is 32.1. The van der Waals surface area contributed by atoms with E-state index in [0.29, 0.717) is 0 Å². The number of aliphatic imine (C=N–C) groups is 1. The van der Waals surface area contributed by atoms with Crippen LogP contribution < -0.4 is 0 Å². The number of aryl methyl sites for hydroxylation is 1. The second kappa shape index (κ2) is 4.14. The van der Waals surface area contributed by atoms with Crippen molar-refractivity contribution in [2.24, 2.45) is 4.99 Å². The summed E-state index contributed by atoms with van der Waals surface area (Å²) in [4.78, 5) is 4.01. The molecule has 4 heteroatoms. The molecule has 1 unspecified atom stereocenters. The number of isothiocyanates is 1. The maximum atomic E-state index is 4.80. The van der Waals surface area contributed by atoms with E-state index in [4.69, 9.17) is 4.52 Å². The Balaban J connectivity index is 2.93. The Kier molecular flexibility index (Phi) is 3.14. The molecule has 0 radical (unpaired) electrons. The van der Waals surface area contributed by atoms with Gasteiger partial charge in [0.2, 0.25) is 0 Å². The molecule has 3 nitrogen and oxygen atoms in total. The molecule has 0 bridgehead atoms. The zero-order chi connectivity index (χ0) is 8.97. The predicted octanol–water partition coefficient (Wildman–Crippen LogP) is 2.54. The molecule has 0 amide bonds. The zero-order valence-electron chi connectivity index (χ0n) is 7.07. The van der Waals surface area contributed by atoms with Gasteiger partial charge in [-0.05, 0) is 25.6 Å². The Morgan fingerprint density at radius 2 is 2.58 bits per heavy atom. The van der Waals surface area contributed by atoms with Crippen LogP contribution in [-0.2, 0) is 0 Å². The van der Waals surface area contributed by atoms with Crippen LogP contribution in [0.3, 0.4) is 0 Å². The fourth-order valence-corrected chi connectivity index (χ4v) is 1.19. The molecule has 0 aliphatic carbocycles. The Bertz CT molecular complexity index is 302. The van der Waals surface area contributed by atoms with Crippen molar-refractivity contribution < 1.29 is 4.52 Å². The lowest BCUT2D eigenvalue weighted by atomic mass is 10.1. The van der Waals surface area contributed by atoms with Gasteiger partial charge < -0.3 is 4.52 Å². The highest BCUT2D eigenvalue weighted by molar-refractivity contribution is 7.78. The molecule has 0 fully saturated rings. The number of hydrogen-bond acceptors (Lipinski definition) is 4. The van der Waals surface area contributed by atoms with Gasteiger partial charge in [0.1, 0.15) is 6.26 Å². The highest BCUT2D eigenvalue weighted by Crippen LogP contribution is 2.22. The number of nitrogens with zero attached hydrogens (tertiary/aromatic N) is 2. The summed E-state index contributed by atoms with van der Waals surface area (Å²) in [5, 5.41) is 6.14. The predicted molar refractivity (Wildman–Crippen MR) is 49.3 cm³/mol. The van der Waals surface area contributed by atoms with Gasteiger partial charge in [-0.3, -0.25) is 0 Å². The van der Waals surface area contributed by atoms with Crippen molar-refractivity contribution in [2.45, 2.75) is 26.3 Å². The van der Waals surface area contributed by atoms with E-state index in [-0.39, 0.29) is 6.04 Å². The number of thiocarbonyl (C=S) groups is 1. The largest absolute Gasteiger partial charge is 0.364 e. The molecule has 0 aliphatic heterocycles. The molecule has 1 aromatic rings. The molecule has 12 heavy (non-hydrogen) atoms. The van der Waals surface area contributed by atoms with Gasteiger partial charge in [-0.1, -0.05) is 12.1 Å². The van der Waals surface area contributed by atoms with Crippen LogP contribution in [0, 0.1) is 6.92 Å². The Hall–Kier alpha value is -0.990. The highest BCUT2D eigenvalue weighted by Gasteiger charge is 2.12. The van der Waals surface area contributed by atoms with E-state index in [1.807, 2.05) is 13.8 Å². The van der Waals surface area contributed by atoms with Crippen molar-refractivity contribution >= 4 is 17.4 Å². The fraction of sp³-hybridized carbons (Fsp3) is 0.500. The first-order chi connectivity index (χ1) is 5.79. The van der Waals surface area contributed by atoms with Crippen LogP contribution >= 0.6 is 12.2 Å². The molecule has 0 aromatic carbocycles. The third kappa shape index (κ3) is 1.78. The third-order valence-electron chi connectivity index (χ3n) is 1.74. The summed E-state index contributed by atoms with van der Waals surface area (Å²) in [6.45, 7) is 3.92. The zero-order valence-corrected chi connectivity index (χ0v) is 7.89. The van der Waals surface area contributed by atoms with Crippen LogP contribution in [0.1, 0.15) is 30.6 Å². The van der Waals surface area contributed by atoms with Crippen LogP contribution in [0.5, 0.6) is 0 Å². The van der Waals surface area contributed by atoms with Gasteiger partial charge >= 0.3 is 0 Å². The normalized spacial score (nSPS) is 12.2. The van der Waals surface area contributed by atoms with Crippen LogP contribution in [0.2, 0.25) is 0 Å². The molecular weight excluding hydrogens is 172 g/mol. The summed E-state index contributed by atoms with van der Waals surface area (Å²) in [5.41, 5.74) is 1.87. The summed E-state index contributed by atoms with van der Waals surface area (Å²) in [6.07, 6.45) is 2.49. The molecule has 0 saturated carbocycles. The summed E-state index contributed by atoms with van der Waals surface area (Å²) in [5.74, 6) is 0. The van der Waals surface area contributed by atoms with Crippen LogP contribution in [0.4, 0.5) is 0 Å². The molecule has 0 aliphatic rings. The van der Waals surface area contributed by atoms with Crippen molar-refractivity contribution in [3.8, 4) is 0 Å². The average Bonchev–Trinajstić information content (AvgIpc) is 2.47. The van der Waals surface area contributed by atoms with Crippen molar-refractivity contribution in [3.63, 3.8) is 0 Å². The lowest BCUT2D eigenvalue weighted by Crippen LogP contribution is -1.93. The second-order valence-electron chi connectivity index (χ2n) is 2.50.